The summed E-state index contributed by atoms with van der Waals surface area (Å²) in [5.74, 6) is -1.60. The first-order valence-electron chi connectivity index (χ1n) is 7.93. The van der Waals surface area contributed by atoms with Crippen LogP contribution in [0.4, 0.5) is 18.9 Å². The first kappa shape index (κ1) is 24.3. The zero-order valence-electron chi connectivity index (χ0n) is 14.3. The summed E-state index contributed by atoms with van der Waals surface area (Å²) < 4.78 is 65.6. The fourth-order valence-corrected chi connectivity index (χ4v) is 3.97. The Labute approximate surface area is 181 Å². The lowest BCUT2D eigenvalue weighted by molar-refractivity contribution is -0.113. The zero-order valence-corrected chi connectivity index (χ0v) is 20.8. The van der Waals surface area contributed by atoms with Gasteiger partial charge in [-0.25, -0.2) is 13.2 Å². The molecule has 0 aliphatic heterocycles. The summed E-state index contributed by atoms with van der Waals surface area (Å²) in [7, 11) is 0.203. The van der Waals surface area contributed by atoms with Gasteiger partial charge in [-0.3, -0.25) is 4.79 Å². The second-order valence-corrected chi connectivity index (χ2v) is 14.5. The van der Waals surface area contributed by atoms with Crippen LogP contribution in [-0.4, -0.2) is 18.8 Å². The molecule has 0 radical (unpaired) electrons. The largest absolute Gasteiger partial charge is 0.384 e. The SMILES string of the molecule is O=C(Nc1ccc(F)c(C(F)(P)I)c1)C1=C(OS(=O)(=O)C(F)(P)P)CCCC1. The van der Waals surface area contributed by atoms with E-state index in [9.17, 15) is 26.4 Å². The van der Waals surface area contributed by atoms with Gasteiger partial charge in [-0.2, -0.15) is 8.42 Å². The topological polar surface area (TPSA) is 72.5 Å². The van der Waals surface area contributed by atoms with Crippen molar-refractivity contribution in [1.82, 2.24) is 0 Å². The smallest absolute Gasteiger partial charge is 0.351 e. The first-order chi connectivity index (χ1) is 12.7. The number of alkyl halides is 3. The zero-order chi connectivity index (χ0) is 21.3. The lowest BCUT2D eigenvalue weighted by Crippen LogP contribution is -2.25. The second-order valence-electron chi connectivity index (χ2n) is 6.12. The Bertz CT molecular complexity index is 914. The third kappa shape index (κ3) is 6.00. The number of hydrogen-bond donors (Lipinski definition) is 1. The van der Waals surface area contributed by atoms with Gasteiger partial charge in [0.1, 0.15) is 11.6 Å². The molecule has 1 amide bonds. The van der Waals surface area contributed by atoms with Gasteiger partial charge in [0.25, 0.3) is 10.4 Å². The highest BCUT2D eigenvalue weighted by Crippen LogP contribution is 2.43. The van der Waals surface area contributed by atoms with Crippen LogP contribution in [0.15, 0.2) is 29.5 Å². The van der Waals surface area contributed by atoms with Crippen LogP contribution in [0.25, 0.3) is 0 Å². The van der Waals surface area contributed by atoms with E-state index in [0.29, 0.717) is 12.8 Å². The van der Waals surface area contributed by atoms with Crippen molar-refractivity contribution in [3.05, 3.63) is 40.9 Å². The highest BCUT2D eigenvalue weighted by Gasteiger charge is 2.38. The van der Waals surface area contributed by atoms with Gasteiger partial charge in [-0.05, 0) is 60.1 Å². The number of amides is 1. The monoisotopic (exact) mass is 585 g/mol. The van der Waals surface area contributed by atoms with E-state index in [2.05, 4.69) is 5.32 Å². The number of rotatable bonds is 6. The average molecular weight is 585 g/mol. The van der Waals surface area contributed by atoms with Crippen LogP contribution in [0.5, 0.6) is 0 Å². The van der Waals surface area contributed by atoms with Crippen molar-refractivity contribution >= 4 is 72.0 Å². The van der Waals surface area contributed by atoms with Crippen molar-refractivity contribution in [2.24, 2.45) is 0 Å². The first-order valence-corrected chi connectivity index (χ1v) is 12.1. The van der Waals surface area contributed by atoms with E-state index in [1.54, 1.807) is 0 Å². The number of benzene rings is 1. The number of carbonyl (C=O) groups excluding carboxylic acids is 1. The molecule has 5 nitrogen and oxygen atoms in total. The molecule has 1 aliphatic rings. The van der Waals surface area contributed by atoms with Gasteiger partial charge in [0.05, 0.1) is 5.57 Å². The van der Waals surface area contributed by atoms with Crippen LogP contribution in [-0.2, 0) is 22.5 Å². The Hall–Kier alpha value is -0.0100. The second kappa shape index (κ2) is 9.01. The van der Waals surface area contributed by atoms with Crippen molar-refractivity contribution < 1.29 is 30.6 Å². The van der Waals surface area contributed by atoms with Gasteiger partial charge >= 0.3 is 10.1 Å². The van der Waals surface area contributed by atoms with Gasteiger partial charge < -0.3 is 9.50 Å². The van der Waals surface area contributed by atoms with Crippen LogP contribution in [0.3, 0.4) is 0 Å². The van der Waals surface area contributed by atoms with E-state index in [1.807, 2.05) is 9.24 Å². The van der Waals surface area contributed by atoms with Gasteiger partial charge in [0.15, 0.2) is 0 Å². The summed E-state index contributed by atoms with van der Waals surface area (Å²) in [4.78, 5) is 12.6. The fourth-order valence-electron chi connectivity index (χ4n) is 2.47. The molecule has 0 saturated carbocycles. The summed E-state index contributed by atoms with van der Waals surface area (Å²) in [5, 5.41) is 2.48. The molecule has 156 valence electrons. The minimum absolute atomic E-state index is 0.0480. The normalized spacial score (nSPS) is 17.8. The van der Waals surface area contributed by atoms with Crippen LogP contribution >= 0.6 is 50.3 Å². The molecule has 13 heteroatoms. The Morgan fingerprint density at radius 1 is 1.18 bits per heavy atom. The van der Waals surface area contributed by atoms with Crippen LogP contribution in [0.1, 0.15) is 31.2 Å². The molecule has 0 aromatic heterocycles. The van der Waals surface area contributed by atoms with Gasteiger partial charge in [-0.1, -0.05) is 27.7 Å². The van der Waals surface area contributed by atoms with Crippen molar-refractivity contribution in [2.45, 2.75) is 33.6 Å². The number of allylic oxidation sites excluding steroid dienone is 1. The summed E-state index contributed by atoms with van der Waals surface area (Å²) in [5.41, 5.74) is -0.104. The van der Waals surface area contributed by atoms with Crippen LogP contribution in [0, 0.1) is 5.82 Å². The molecule has 0 spiro atoms. The molecular formula is C15H18F3INO4P3S. The predicted octanol–water partition coefficient (Wildman–Crippen LogP) is 4.66. The predicted molar refractivity (Wildman–Crippen MR) is 120 cm³/mol. The van der Waals surface area contributed by atoms with E-state index >= 15 is 0 Å². The van der Waals surface area contributed by atoms with E-state index in [4.69, 9.17) is 4.18 Å². The molecule has 2 rings (SSSR count). The molecule has 0 bridgehead atoms. The van der Waals surface area contributed by atoms with Crippen molar-refractivity contribution in [3.63, 3.8) is 0 Å². The maximum atomic E-state index is 14.1. The van der Waals surface area contributed by atoms with E-state index in [1.165, 1.54) is 47.1 Å². The standard InChI is InChI=1S/C15H18F3INO4P3S/c16-11-6-5-8(7-10(11)14(17,19)25)20-13(21)9-3-1-2-4-12(9)24-28(22,23)15(18,26)27/h5-7H,1-4,25-27H2,(H,20,21). The van der Waals surface area contributed by atoms with Crippen molar-refractivity contribution in [2.75, 3.05) is 5.32 Å². The fraction of sp³-hybridized carbons (Fsp3) is 0.400. The number of nitrogens with one attached hydrogen (secondary N) is 1. The number of halogens is 4. The number of anilines is 1. The summed E-state index contributed by atoms with van der Waals surface area (Å²) in [6.45, 7) is 0. The lowest BCUT2D eigenvalue weighted by Gasteiger charge is -2.23. The molecule has 1 aromatic rings. The number of carbonyl (C=O) groups is 1. The molecule has 1 aliphatic carbocycles. The molecule has 28 heavy (non-hydrogen) atoms. The summed E-state index contributed by atoms with van der Waals surface area (Å²) >= 11 is 1.40. The maximum Gasteiger partial charge on any atom is 0.351 e. The summed E-state index contributed by atoms with van der Waals surface area (Å²) in [6.07, 6.45) is 1.55. The van der Waals surface area contributed by atoms with Gasteiger partial charge in [0, 0.05) is 17.7 Å². The van der Waals surface area contributed by atoms with Gasteiger partial charge in [-0.15, -0.1) is 0 Å². The highest BCUT2D eigenvalue weighted by molar-refractivity contribution is 14.1. The molecule has 0 fully saturated rings. The van der Waals surface area contributed by atoms with E-state index in [-0.39, 0.29) is 35.4 Å². The van der Waals surface area contributed by atoms with E-state index in [0.717, 1.165) is 12.1 Å². The minimum atomic E-state index is -4.65. The number of hydrogen-bond acceptors (Lipinski definition) is 4. The molecule has 4 unspecified atom stereocenters. The van der Waals surface area contributed by atoms with Crippen LogP contribution in [0.2, 0.25) is 0 Å². The quantitative estimate of drug-likeness (QED) is 0.228. The third-order valence-electron chi connectivity index (χ3n) is 3.87. The molecule has 0 heterocycles. The van der Waals surface area contributed by atoms with E-state index < -0.39 is 29.7 Å². The Morgan fingerprint density at radius 3 is 2.36 bits per heavy atom. The minimum Gasteiger partial charge on any atom is -0.384 e. The third-order valence-corrected chi connectivity index (χ3v) is 7.68. The van der Waals surface area contributed by atoms with Crippen molar-refractivity contribution in [1.29, 1.82) is 0 Å². The summed E-state index contributed by atoms with van der Waals surface area (Å²) in [6, 6.07) is 3.41. The Morgan fingerprint density at radius 2 is 1.79 bits per heavy atom. The molecule has 1 aromatic carbocycles. The lowest BCUT2D eigenvalue weighted by atomic mass is 9.97. The molecule has 4 atom stereocenters. The molecular weight excluding hydrogens is 567 g/mol. The Kier molecular flexibility index (Phi) is 7.80. The Balaban J connectivity index is 2.32. The van der Waals surface area contributed by atoms with Crippen LogP contribution < -0.4 is 5.32 Å². The van der Waals surface area contributed by atoms with Gasteiger partial charge in [0.2, 0.25) is 3.42 Å². The van der Waals surface area contributed by atoms with Crippen molar-refractivity contribution in [3.8, 4) is 0 Å². The molecule has 1 N–H and O–H groups in total. The maximum absolute atomic E-state index is 14.1. The average Bonchev–Trinajstić information content (AvgIpc) is 2.54. The molecule has 0 saturated heterocycles. The highest BCUT2D eigenvalue weighted by atomic mass is 127.